The van der Waals surface area contributed by atoms with Crippen molar-refractivity contribution in [3.8, 4) is 0 Å². The molecule has 2 nitrogen and oxygen atoms in total. The maximum absolute atomic E-state index is 2.50. The standard InChI is InChI=1S/C40H41BN2S/c1-25(2)28-22-30(26(3)4)40(31(23-28)27(5)6)41-32-14-8-9-15-34(32)42(7)37-24-29(20-21-33(37)41)43-35-16-10-12-18-38(35)44-39-19-13-11-17-36(39)43/h8-27H,1-7H3. The van der Waals surface area contributed by atoms with Gasteiger partial charge in [-0.05, 0) is 87.8 Å². The van der Waals surface area contributed by atoms with Crippen molar-refractivity contribution in [1.82, 2.24) is 0 Å². The van der Waals surface area contributed by atoms with Crippen LogP contribution in [0.15, 0.2) is 113 Å². The van der Waals surface area contributed by atoms with Crippen molar-refractivity contribution in [2.75, 3.05) is 16.8 Å². The number of para-hydroxylation sites is 3. The summed E-state index contributed by atoms with van der Waals surface area (Å²) in [5, 5.41) is 0. The molecule has 0 N–H and O–H groups in total. The number of benzene rings is 5. The first-order chi connectivity index (χ1) is 21.2. The van der Waals surface area contributed by atoms with Crippen LogP contribution in [0.4, 0.5) is 28.4 Å². The molecule has 2 aliphatic heterocycles. The molecule has 0 bridgehead atoms. The molecule has 5 aromatic rings. The van der Waals surface area contributed by atoms with E-state index in [2.05, 4.69) is 162 Å². The topological polar surface area (TPSA) is 6.48 Å². The van der Waals surface area contributed by atoms with Crippen LogP contribution in [-0.2, 0) is 0 Å². The maximum atomic E-state index is 2.50. The number of fused-ring (bicyclic) bond motifs is 4. The molecule has 0 atom stereocenters. The van der Waals surface area contributed by atoms with Crippen LogP contribution in [0.3, 0.4) is 0 Å². The zero-order chi connectivity index (χ0) is 30.7. The van der Waals surface area contributed by atoms with Gasteiger partial charge >= 0.3 is 0 Å². The lowest BCUT2D eigenvalue weighted by molar-refractivity contribution is 0.812. The van der Waals surface area contributed by atoms with E-state index >= 15 is 0 Å². The average molecular weight is 593 g/mol. The van der Waals surface area contributed by atoms with Crippen molar-refractivity contribution in [3.05, 3.63) is 120 Å². The summed E-state index contributed by atoms with van der Waals surface area (Å²) in [5.74, 6) is 1.34. The van der Waals surface area contributed by atoms with E-state index in [0.29, 0.717) is 17.8 Å². The summed E-state index contributed by atoms with van der Waals surface area (Å²) in [4.78, 5) is 7.43. The van der Waals surface area contributed by atoms with Gasteiger partial charge in [-0.2, -0.15) is 0 Å². The number of nitrogens with zero attached hydrogens (tertiary/aromatic N) is 2. The van der Waals surface area contributed by atoms with Crippen molar-refractivity contribution >= 4 is 63.3 Å². The lowest BCUT2D eigenvalue weighted by atomic mass is 9.33. The van der Waals surface area contributed by atoms with Gasteiger partial charge in [-0.1, -0.05) is 119 Å². The van der Waals surface area contributed by atoms with Crippen LogP contribution in [0, 0.1) is 0 Å². The van der Waals surface area contributed by atoms with Gasteiger partial charge in [0.1, 0.15) is 0 Å². The smallest absolute Gasteiger partial charge is 0.247 e. The highest BCUT2D eigenvalue weighted by Gasteiger charge is 2.37. The second-order valence-corrected chi connectivity index (χ2v) is 14.3. The van der Waals surface area contributed by atoms with Crippen molar-refractivity contribution in [2.24, 2.45) is 0 Å². The van der Waals surface area contributed by atoms with Crippen LogP contribution < -0.4 is 26.2 Å². The third-order valence-corrected chi connectivity index (χ3v) is 10.6. The number of rotatable bonds is 5. The van der Waals surface area contributed by atoms with Crippen molar-refractivity contribution in [3.63, 3.8) is 0 Å². The van der Waals surface area contributed by atoms with Crippen molar-refractivity contribution in [2.45, 2.75) is 69.1 Å². The lowest BCUT2D eigenvalue weighted by Crippen LogP contribution is -2.59. The van der Waals surface area contributed by atoms with E-state index in [1.54, 1.807) is 0 Å². The van der Waals surface area contributed by atoms with Gasteiger partial charge in [0.05, 0.1) is 11.4 Å². The Labute approximate surface area is 268 Å². The lowest BCUT2D eigenvalue weighted by Gasteiger charge is -2.38. The van der Waals surface area contributed by atoms with Crippen molar-refractivity contribution in [1.29, 1.82) is 0 Å². The van der Waals surface area contributed by atoms with E-state index in [1.165, 1.54) is 71.3 Å². The van der Waals surface area contributed by atoms with Gasteiger partial charge in [0.25, 0.3) is 0 Å². The van der Waals surface area contributed by atoms with Gasteiger partial charge < -0.3 is 9.80 Å². The molecule has 7 rings (SSSR count). The summed E-state index contributed by atoms with van der Waals surface area (Å²) < 4.78 is 0. The van der Waals surface area contributed by atoms with E-state index in [4.69, 9.17) is 0 Å². The molecule has 5 aromatic carbocycles. The van der Waals surface area contributed by atoms with E-state index in [9.17, 15) is 0 Å². The molecular weight excluding hydrogens is 551 g/mol. The number of hydrogen-bond donors (Lipinski definition) is 0. The summed E-state index contributed by atoms with van der Waals surface area (Å²) in [6.07, 6.45) is 0. The highest BCUT2D eigenvalue weighted by atomic mass is 32.2. The zero-order valence-electron chi connectivity index (χ0n) is 26.9. The van der Waals surface area contributed by atoms with Gasteiger partial charge in [-0.15, -0.1) is 0 Å². The van der Waals surface area contributed by atoms with Crippen LogP contribution in [0.5, 0.6) is 0 Å². The van der Waals surface area contributed by atoms with Gasteiger partial charge in [-0.25, -0.2) is 0 Å². The van der Waals surface area contributed by atoms with Crippen LogP contribution in [0.1, 0.15) is 76.0 Å². The molecule has 0 spiro atoms. The molecule has 0 unspecified atom stereocenters. The molecule has 0 saturated carbocycles. The summed E-state index contributed by atoms with van der Waals surface area (Å²) in [5.41, 5.74) is 14.9. The maximum Gasteiger partial charge on any atom is 0.247 e. The minimum Gasteiger partial charge on any atom is -0.345 e. The molecule has 0 fully saturated rings. The number of hydrogen-bond acceptors (Lipinski definition) is 3. The van der Waals surface area contributed by atoms with E-state index in [0.717, 1.165) is 0 Å². The van der Waals surface area contributed by atoms with Crippen LogP contribution in [0.2, 0.25) is 0 Å². The monoisotopic (exact) mass is 592 g/mol. The predicted molar refractivity (Wildman–Crippen MR) is 193 cm³/mol. The largest absolute Gasteiger partial charge is 0.345 e. The molecule has 0 saturated heterocycles. The molecule has 4 heteroatoms. The normalized spacial score (nSPS) is 13.7. The Morgan fingerprint density at radius 3 is 1.64 bits per heavy atom. The van der Waals surface area contributed by atoms with Crippen LogP contribution in [0.25, 0.3) is 0 Å². The minimum atomic E-state index is 0.166. The average Bonchev–Trinajstić information content (AvgIpc) is 3.03. The number of anilines is 5. The molecule has 44 heavy (non-hydrogen) atoms. The Balaban J connectivity index is 1.48. The Morgan fingerprint density at radius 1 is 0.545 bits per heavy atom. The second kappa shape index (κ2) is 11.2. The minimum absolute atomic E-state index is 0.166. The highest BCUT2D eigenvalue weighted by molar-refractivity contribution is 7.99. The fraction of sp³-hybridized carbons (Fsp3) is 0.250. The molecule has 2 aliphatic rings. The quantitative estimate of drug-likeness (QED) is 0.184. The molecule has 0 aliphatic carbocycles. The van der Waals surface area contributed by atoms with Crippen molar-refractivity contribution < 1.29 is 0 Å². The Kier molecular flexibility index (Phi) is 7.37. The highest BCUT2D eigenvalue weighted by Crippen LogP contribution is 2.51. The van der Waals surface area contributed by atoms with Crippen LogP contribution in [-0.4, -0.2) is 13.8 Å². The first-order valence-electron chi connectivity index (χ1n) is 16.0. The summed E-state index contributed by atoms with van der Waals surface area (Å²) in [6, 6.07) is 38.8. The fourth-order valence-corrected chi connectivity index (χ4v) is 8.24. The Hall–Kier alpha value is -3.89. The fourth-order valence-electron chi connectivity index (χ4n) is 7.18. The van der Waals surface area contributed by atoms with Crippen LogP contribution >= 0.6 is 11.8 Å². The Morgan fingerprint density at radius 2 is 1.07 bits per heavy atom. The third kappa shape index (κ3) is 4.66. The third-order valence-electron chi connectivity index (χ3n) is 9.45. The molecule has 220 valence electrons. The molecule has 0 aromatic heterocycles. The molecular formula is C40H41BN2S. The first-order valence-corrected chi connectivity index (χ1v) is 16.9. The summed E-state index contributed by atoms with van der Waals surface area (Å²) in [7, 11) is 2.24. The molecule has 0 radical (unpaired) electrons. The SMILES string of the molecule is CC(C)c1cc(C(C)C)c(B2c3ccccc3N(C)c3cc(N4c5ccccc5Sc5ccccc54)ccc32)c(C(C)C)c1. The first kappa shape index (κ1) is 28.9. The summed E-state index contributed by atoms with van der Waals surface area (Å²) in [6.45, 7) is 14.3. The van der Waals surface area contributed by atoms with Gasteiger partial charge in [-0.3, -0.25) is 0 Å². The predicted octanol–water partition coefficient (Wildman–Crippen LogP) is 9.59. The van der Waals surface area contributed by atoms with Gasteiger partial charge in [0.2, 0.25) is 6.71 Å². The van der Waals surface area contributed by atoms with E-state index in [-0.39, 0.29) is 6.71 Å². The molecule has 2 heterocycles. The zero-order valence-corrected chi connectivity index (χ0v) is 27.7. The van der Waals surface area contributed by atoms with E-state index < -0.39 is 0 Å². The second-order valence-electron chi connectivity index (χ2n) is 13.2. The van der Waals surface area contributed by atoms with E-state index in [1.807, 2.05) is 11.8 Å². The summed E-state index contributed by atoms with van der Waals surface area (Å²) >= 11 is 1.86. The molecule has 0 amide bonds. The van der Waals surface area contributed by atoms with Gasteiger partial charge in [0.15, 0.2) is 0 Å². The Bertz CT molecular complexity index is 1800. The van der Waals surface area contributed by atoms with Gasteiger partial charge in [0, 0.05) is 33.9 Å².